The summed E-state index contributed by atoms with van der Waals surface area (Å²) in [6.07, 6.45) is 2.79. The van der Waals surface area contributed by atoms with Crippen molar-refractivity contribution in [2.45, 2.75) is 13.8 Å². The van der Waals surface area contributed by atoms with Gasteiger partial charge in [0.25, 0.3) is 0 Å². The summed E-state index contributed by atoms with van der Waals surface area (Å²) in [4.78, 5) is 0. The Balaban J connectivity index is 0.000000921. The molecule has 0 saturated carbocycles. The highest BCUT2D eigenvalue weighted by Gasteiger charge is 1.99. The van der Waals surface area contributed by atoms with Gasteiger partial charge >= 0.3 is 0 Å². The predicted molar refractivity (Wildman–Crippen MR) is 67.9 cm³/mol. The van der Waals surface area contributed by atoms with E-state index in [9.17, 15) is 0 Å². The molecule has 0 atom stereocenters. The maximum atomic E-state index is 7.22. The molecule has 0 radical (unpaired) electrons. The van der Waals surface area contributed by atoms with E-state index in [4.69, 9.17) is 11.1 Å². The second-order valence-corrected chi connectivity index (χ2v) is 2.58. The van der Waals surface area contributed by atoms with Gasteiger partial charge in [-0.3, -0.25) is 0 Å². The highest BCUT2D eigenvalue weighted by atomic mass is 14.6. The molecule has 1 rings (SSSR count). The zero-order valence-electron chi connectivity index (χ0n) is 9.33. The molecule has 15 heavy (non-hydrogen) atoms. The number of hydrogen-bond donors (Lipinski definition) is 2. The molecule has 1 aromatic carbocycles. The van der Waals surface area contributed by atoms with Gasteiger partial charge in [-0.1, -0.05) is 50.8 Å². The summed E-state index contributed by atoms with van der Waals surface area (Å²) >= 11 is 0. The second-order valence-electron chi connectivity index (χ2n) is 2.58. The van der Waals surface area contributed by atoms with Gasteiger partial charge in [-0.15, -0.1) is 0 Å². The summed E-state index contributed by atoms with van der Waals surface area (Å²) in [6.45, 7) is 7.57. The normalized spacial score (nSPS) is 10.5. The van der Waals surface area contributed by atoms with Crippen LogP contribution in [0.1, 0.15) is 19.4 Å². The Morgan fingerprint density at radius 3 is 2.20 bits per heavy atom. The largest absolute Gasteiger partial charge is 0.398 e. The lowest BCUT2D eigenvalue weighted by Crippen LogP contribution is -1.99. The van der Waals surface area contributed by atoms with Crippen LogP contribution in [0.25, 0.3) is 5.57 Å². The average Bonchev–Trinajstić information content (AvgIpc) is 2.33. The molecule has 80 valence electrons. The number of rotatable bonds is 3. The van der Waals surface area contributed by atoms with Gasteiger partial charge in [0.1, 0.15) is 0 Å². The van der Waals surface area contributed by atoms with Crippen molar-refractivity contribution in [2.24, 2.45) is 5.73 Å². The van der Waals surface area contributed by atoms with Gasteiger partial charge in [-0.25, -0.2) is 0 Å². The lowest BCUT2D eigenvalue weighted by molar-refractivity contribution is 1.43. The highest BCUT2D eigenvalue weighted by molar-refractivity contribution is 6.09. The first kappa shape index (κ1) is 13.2. The summed E-state index contributed by atoms with van der Waals surface area (Å²) in [5.41, 5.74) is 7.84. The van der Waals surface area contributed by atoms with Gasteiger partial charge in [0.05, 0.1) is 0 Å². The molecule has 0 amide bonds. The number of nitrogens with two attached hydrogens (primary N) is 1. The van der Waals surface area contributed by atoms with Crippen molar-refractivity contribution in [2.75, 3.05) is 0 Å². The molecule has 0 fully saturated rings. The van der Waals surface area contributed by atoms with E-state index >= 15 is 0 Å². The Morgan fingerprint density at radius 2 is 1.80 bits per heavy atom. The van der Waals surface area contributed by atoms with E-state index in [1.54, 1.807) is 6.08 Å². The van der Waals surface area contributed by atoms with Gasteiger partial charge < -0.3 is 11.1 Å². The molecule has 0 unspecified atom stereocenters. The second kappa shape index (κ2) is 7.56. The molecule has 0 bridgehead atoms. The Bertz CT molecular complexity index is 337. The summed E-state index contributed by atoms with van der Waals surface area (Å²) < 4.78 is 0. The Labute approximate surface area is 91.6 Å². The minimum absolute atomic E-state index is 0.529. The third kappa shape index (κ3) is 3.81. The molecule has 0 heterocycles. The van der Waals surface area contributed by atoms with Gasteiger partial charge in [0.2, 0.25) is 0 Å². The molecule has 0 aromatic heterocycles. The number of benzene rings is 1. The van der Waals surface area contributed by atoms with Crippen LogP contribution in [-0.4, -0.2) is 6.21 Å². The topological polar surface area (TPSA) is 49.9 Å². The summed E-state index contributed by atoms with van der Waals surface area (Å²) in [7, 11) is 0. The number of allylic oxidation sites excluding steroid dienone is 2. The van der Waals surface area contributed by atoms with Crippen molar-refractivity contribution in [1.82, 2.24) is 0 Å². The van der Waals surface area contributed by atoms with Crippen molar-refractivity contribution < 1.29 is 0 Å². The van der Waals surface area contributed by atoms with Crippen LogP contribution in [-0.2, 0) is 0 Å². The summed E-state index contributed by atoms with van der Waals surface area (Å²) in [5, 5.41) is 7.22. The standard InChI is InChI=1S/C11H12N2.C2H6/c1-2-11(13)10(8-12)9-6-4-3-5-7-9;1-2/h2-8,12H,1,13H2;1-2H3/b11-10+,12-8?;. The number of nitrogens with one attached hydrogen (secondary N) is 1. The summed E-state index contributed by atoms with van der Waals surface area (Å²) in [5.74, 6) is 0. The van der Waals surface area contributed by atoms with Crippen LogP contribution in [0, 0.1) is 5.41 Å². The predicted octanol–water partition coefficient (Wildman–Crippen LogP) is 3.22. The first-order valence-corrected chi connectivity index (χ1v) is 4.97. The molecular formula is C13H18N2. The average molecular weight is 202 g/mol. The number of hydrogen-bond acceptors (Lipinski definition) is 2. The first-order chi connectivity index (χ1) is 7.29. The van der Waals surface area contributed by atoms with Crippen molar-refractivity contribution in [3.05, 3.63) is 54.2 Å². The van der Waals surface area contributed by atoms with E-state index in [-0.39, 0.29) is 0 Å². The smallest absolute Gasteiger partial charge is 0.0403 e. The minimum Gasteiger partial charge on any atom is -0.398 e. The lowest BCUT2D eigenvalue weighted by atomic mass is 10.1. The molecule has 0 aliphatic carbocycles. The molecule has 0 aliphatic heterocycles. The van der Waals surface area contributed by atoms with E-state index in [2.05, 4.69) is 6.58 Å². The monoisotopic (exact) mass is 202 g/mol. The fourth-order valence-corrected chi connectivity index (χ4v) is 1.06. The van der Waals surface area contributed by atoms with Gasteiger partial charge in [-0.2, -0.15) is 0 Å². The third-order valence-corrected chi connectivity index (χ3v) is 1.76. The third-order valence-electron chi connectivity index (χ3n) is 1.76. The molecular weight excluding hydrogens is 184 g/mol. The molecule has 2 nitrogen and oxygen atoms in total. The van der Waals surface area contributed by atoms with Crippen LogP contribution < -0.4 is 5.73 Å². The lowest BCUT2D eigenvalue weighted by Gasteiger charge is -2.03. The minimum atomic E-state index is 0.529. The van der Waals surface area contributed by atoms with Crippen molar-refractivity contribution in [1.29, 1.82) is 5.41 Å². The van der Waals surface area contributed by atoms with Gasteiger partial charge in [-0.05, 0) is 11.6 Å². The Kier molecular flexibility index (Phi) is 6.64. The SMILES string of the molecule is C=C/C(N)=C(/C=N)c1ccccc1.CC. The summed E-state index contributed by atoms with van der Waals surface area (Å²) in [6, 6.07) is 9.58. The van der Waals surface area contributed by atoms with Gasteiger partial charge in [0.15, 0.2) is 0 Å². The van der Waals surface area contributed by atoms with E-state index < -0.39 is 0 Å². The molecule has 3 N–H and O–H groups in total. The van der Waals surface area contributed by atoms with E-state index in [0.29, 0.717) is 11.3 Å². The van der Waals surface area contributed by atoms with Crippen LogP contribution in [0.5, 0.6) is 0 Å². The molecule has 2 heteroatoms. The maximum Gasteiger partial charge on any atom is 0.0403 e. The quantitative estimate of drug-likeness (QED) is 0.574. The van der Waals surface area contributed by atoms with Gasteiger partial charge in [0, 0.05) is 17.5 Å². The zero-order valence-corrected chi connectivity index (χ0v) is 9.33. The van der Waals surface area contributed by atoms with Crippen LogP contribution in [0.15, 0.2) is 48.7 Å². The fraction of sp³-hybridized carbons (Fsp3) is 0.154. The van der Waals surface area contributed by atoms with E-state index in [1.165, 1.54) is 6.21 Å². The van der Waals surface area contributed by atoms with Crippen LogP contribution in [0.3, 0.4) is 0 Å². The first-order valence-electron chi connectivity index (χ1n) is 4.97. The fourth-order valence-electron chi connectivity index (χ4n) is 1.06. The van der Waals surface area contributed by atoms with Crippen LogP contribution in [0.4, 0.5) is 0 Å². The van der Waals surface area contributed by atoms with E-state index in [0.717, 1.165) is 5.56 Å². The van der Waals surface area contributed by atoms with Crippen molar-refractivity contribution >= 4 is 11.8 Å². The molecule has 1 aromatic rings. The zero-order chi connectivity index (χ0) is 11.7. The van der Waals surface area contributed by atoms with E-state index in [1.807, 2.05) is 44.2 Å². The van der Waals surface area contributed by atoms with Crippen LogP contribution in [0.2, 0.25) is 0 Å². The molecule has 0 aliphatic rings. The maximum absolute atomic E-state index is 7.22. The highest BCUT2D eigenvalue weighted by Crippen LogP contribution is 2.13. The van der Waals surface area contributed by atoms with Crippen molar-refractivity contribution in [3.8, 4) is 0 Å². The van der Waals surface area contributed by atoms with Crippen molar-refractivity contribution in [3.63, 3.8) is 0 Å². The van der Waals surface area contributed by atoms with Crippen LogP contribution >= 0.6 is 0 Å². The Morgan fingerprint density at radius 1 is 1.27 bits per heavy atom. The molecule has 0 saturated heterocycles. The molecule has 0 spiro atoms. The Hall–Kier alpha value is -1.83.